The van der Waals surface area contributed by atoms with Gasteiger partial charge < -0.3 is 9.30 Å². The van der Waals surface area contributed by atoms with Crippen LogP contribution in [0.15, 0.2) is 72.8 Å². The van der Waals surface area contributed by atoms with Gasteiger partial charge in [0.15, 0.2) is 0 Å². The van der Waals surface area contributed by atoms with Crippen LogP contribution < -0.4 is 4.74 Å². The zero-order valence-corrected chi connectivity index (χ0v) is 14.5. The van der Waals surface area contributed by atoms with Crippen LogP contribution in [0.3, 0.4) is 0 Å². The average molecular weight is 346 g/mol. The molecule has 1 aromatic heterocycles. The van der Waals surface area contributed by atoms with Gasteiger partial charge in [-0.3, -0.25) is 0 Å². The van der Waals surface area contributed by atoms with Crippen LogP contribution in [0, 0.1) is 12.7 Å². The topological polar surface area (TPSA) is 27.1 Å². The zero-order valence-electron chi connectivity index (χ0n) is 14.5. The summed E-state index contributed by atoms with van der Waals surface area (Å²) in [5.74, 6) is 1.39. The number of ether oxygens (including phenoxy) is 1. The molecule has 0 saturated carbocycles. The molecular weight excluding hydrogens is 327 g/mol. The van der Waals surface area contributed by atoms with Crippen LogP contribution >= 0.6 is 0 Å². The third-order valence-electron chi connectivity index (χ3n) is 4.47. The van der Waals surface area contributed by atoms with E-state index in [2.05, 4.69) is 0 Å². The van der Waals surface area contributed by atoms with E-state index in [1.807, 2.05) is 66.1 Å². The summed E-state index contributed by atoms with van der Waals surface area (Å²) in [6.07, 6.45) is 0. The van der Waals surface area contributed by atoms with Gasteiger partial charge in [-0.1, -0.05) is 48.5 Å². The molecule has 0 unspecified atom stereocenters. The van der Waals surface area contributed by atoms with Gasteiger partial charge >= 0.3 is 0 Å². The predicted molar refractivity (Wildman–Crippen MR) is 101 cm³/mol. The van der Waals surface area contributed by atoms with Crippen LogP contribution in [0.2, 0.25) is 0 Å². The number of fused-ring (bicyclic) bond motifs is 1. The maximum atomic E-state index is 14.2. The highest BCUT2D eigenvalue weighted by Gasteiger charge is 2.13. The molecule has 4 aromatic rings. The maximum absolute atomic E-state index is 14.2. The number of aromatic nitrogens is 2. The number of para-hydroxylation sites is 3. The number of rotatable bonds is 5. The quantitative estimate of drug-likeness (QED) is 0.502. The minimum atomic E-state index is -0.212. The molecule has 0 fully saturated rings. The minimum Gasteiger partial charge on any atom is -0.485 e. The number of benzene rings is 3. The molecule has 0 aliphatic rings. The number of halogens is 1. The lowest BCUT2D eigenvalue weighted by atomic mass is 10.2. The minimum absolute atomic E-state index is 0.212. The third-order valence-corrected chi connectivity index (χ3v) is 4.47. The van der Waals surface area contributed by atoms with E-state index < -0.39 is 0 Å². The van der Waals surface area contributed by atoms with Crippen molar-refractivity contribution in [3.05, 3.63) is 95.6 Å². The molecule has 26 heavy (non-hydrogen) atoms. The van der Waals surface area contributed by atoms with Gasteiger partial charge in [-0.25, -0.2) is 9.37 Å². The van der Waals surface area contributed by atoms with Crippen molar-refractivity contribution in [3.8, 4) is 5.75 Å². The molecule has 130 valence electrons. The molecule has 3 aromatic carbocycles. The lowest BCUT2D eigenvalue weighted by molar-refractivity contribution is 0.289. The molecule has 0 radical (unpaired) electrons. The Labute approximate surface area is 151 Å². The Morgan fingerprint density at radius 1 is 0.923 bits per heavy atom. The summed E-state index contributed by atoms with van der Waals surface area (Å²) in [6.45, 7) is 2.76. The number of hydrogen-bond acceptors (Lipinski definition) is 2. The van der Waals surface area contributed by atoms with Gasteiger partial charge in [0, 0.05) is 5.56 Å². The Morgan fingerprint density at radius 3 is 2.50 bits per heavy atom. The normalized spacial score (nSPS) is 11.0. The van der Waals surface area contributed by atoms with E-state index in [-0.39, 0.29) is 5.82 Å². The van der Waals surface area contributed by atoms with Gasteiger partial charge in [-0.05, 0) is 36.8 Å². The summed E-state index contributed by atoms with van der Waals surface area (Å²) in [7, 11) is 0. The molecule has 0 amide bonds. The van der Waals surface area contributed by atoms with E-state index in [1.54, 1.807) is 12.1 Å². The lowest BCUT2D eigenvalue weighted by Crippen LogP contribution is -2.09. The van der Waals surface area contributed by atoms with Crippen LogP contribution in [0.5, 0.6) is 5.75 Å². The van der Waals surface area contributed by atoms with Crippen molar-refractivity contribution in [3.63, 3.8) is 0 Å². The molecule has 4 heteroatoms. The summed E-state index contributed by atoms with van der Waals surface area (Å²) in [4.78, 5) is 4.70. The predicted octanol–water partition coefficient (Wildman–Crippen LogP) is 5.11. The Bertz CT molecular complexity index is 1050. The van der Waals surface area contributed by atoms with Crippen LogP contribution in [0.4, 0.5) is 4.39 Å². The van der Waals surface area contributed by atoms with Crippen molar-refractivity contribution in [2.75, 3.05) is 0 Å². The van der Waals surface area contributed by atoms with Crippen LogP contribution in [-0.4, -0.2) is 9.55 Å². The molecule has 0 atom stereocenters. The monoisotopic (exact) mass is 346 g/mol. The standard InChI is InChI=1S/C22H19FN2O/c1-16-8-2-7-13-21(16)26-15-22-24-19-11-5-6-12-20(19)25(22)14-17-9-3-4-10-18(17)23/h2-13H,14-15H2,1H3. The van der Waals surface area contributed by atoms with E-state index in [0.717, 1.165) is 28.2 Å². The van der Waals surface area contributed by atoms with E-state index in [4.69, 9.17) is 9.72 Å². The molecule has 0 N–H and O–H groups in total. The number of imidazole rings is 1. The number of hydrogen-bond donors (Lipinski definition) is 0. The molecule has 3 nitrogen and oxygen atoms in total. The molecular formula is C22H19FN2O. The molecule has 0 spiro atoms. The summed E-state index contributed by atoms with van der Waals surface area (Å²) < 4.78 is 22.2. The SMILES string of the molecule is Cc1ccccc1OCc1nc2ccccc2n1Cc1ccccc1F. The molecule has 0 bridgehead atoms. The Kier molecular flexibility index (Phi) is 4.40. The van der Waals surface area contributed by atoms with Crippen LogP contribution in [-0.2, 0) is 13.2 Å². The van der Waals surface area contributed by atoms with Crippen LogP contribution in [0.25, 0.3) is 11.0 Å². The summed E-state index contributed by atoms with van der Waals surface area (Å²) in [5.41, 5.74) is 3.56. The fourth-order valence-electron chi connectivity index (χ4n) is 3.07. The molecule has 0 aliphatic heterocycles. The average Bonchev–Trinajstić information content (AvgIpc) is 3.01. The van der Waals surface area contributed by atoms with E-state index in [1.165, 1.54) is 6.07 Å². The number of nitrogens with zero attached hydrogens (tertiary/aromatic N) is 2. The summed E-state index contributed by atoms with van der Waals surface area (Å²) in [6, 6.07) is 22.6. The highest BCUT2D eigenvalue weighted by molar-refractivity contribution is 5.76. The maximum Gasteiger partial charge on any atom is 0.148 e. The fourth-order valence-corrected chi connectivity index (χ4v) is 3.07. The van der Waals surface area contributed by atoms with Crippen molar-refractivity contribution in [2.45, 2.75) is 20.1 Å². The Morgan fingerprint density at radius 2 is 1.65 bits per heavy atom. The van der Waals surface area contributed by atoms with Gasteiger partial charge in [-0.2, -0.15) is 0 Å². The van der Waals surface area contributed by atoms with Crippen molar-refractivity contribution >= 4 is 11.0 Å². The highest BCUT2D eigenvalue weighted by atomic mass is 19.1. The first-order valence-corrected chi connectivity index (χ1v) is 8.58. The van der Waals surface area contributed by atoms with Gasteiger partial charge in [0.05, 0.1) is 17.6 Å². The smallest absolute Gasteiger partial charge is 0.148 e. The first kappa shape index (κ1) is 16.3. The van der Waals surface area contributed by atoms with E-state index >= 15 is 0 Å². The Hall–Kier alpha value is -3.14. The van der Waals surface area contributed by atoms with Gasteiger partial charge in [0.1, 0.15) is 24.0 Å². The first-order valence-electron chi connectivity index (χ1n) is 8.58. The van der Waals surface area contributed by atoms with E-state index in [0.29, 0.717) is 18.7 Å². The molecule has 4 rings (SSSR count). The van der Waals surface area contributed by atoms with Crippen molar-refractivity contribution < 1.29 is 9.13 Å². The second-order valence-electron chi connectivity index (χ2n) is 6.25. The first-order chi connectivity index (χ1) is 12.7. The number of aryl methyl sites for hydroxylation is 1. The zero-order chi connectivity index (χ0) is 17.9. The third kappa shape index (κ3) is 3.18. The molecule has 0 aliphatic carbocycles. The second kappa shape index (κ2) is 7.00. The van der Waals surface area contributed by atoms with Crippen molar-refractivity contribution in [1.82, 2.24) is 9.55 Å². The summed E-state index contributed by atoms with van der Waals surface area (Å²) in [5, 5.41) is 0. The highest BCUT2D eigenvalue weighted by Crippen LogP contribution is 2.22. The largest absolute Gasteiger partial charge is 0.485 e. The van der Waals surface area contributed by atoms with Crippen molar-refractivity contribution in [1.29, 1.82) is 0 Å². The van der Waals surface area contributed by atoms with Gasteiger partial charge in [0.2, 0.25) is 0 Å². The van der Waals surface area contributed by atoms with Gasteiger partial charge in [0.25, 0.3) is 0 Å². The molecule has 1 heterocycles. The Balaban J connectivity index is 1.70. The fraction of sp³-hybridized carbons (Fsp3) is 0.136. The summed E-state index contributed by atoms with van der Waals surface area (Å²) >= 11 is 0. The molecule has 0 saturated heterocycles. The second-order valence-corrected chi connectivity index (χ2v) is 6.25. The van der Waals surface area contributed by atoms with Crippen molar-refractivity contribution in [2.24, 2.45) is 0 Å². The van der Waals surface area contributed by atoms with Gasteiger partial charge in [-0.15, -0.1) is 0 Å². The lowest BCUT2D eigenvalue weighted by Gasteiger charge is -2.12. The van der Waals surface area contributed by atoms with E-state index in [9.17, 15) is 4.39 Å². The van der Waals surface area contributed by atoms with Crippen LogP contribution in [0.1, 0.15) is 17.0 Å².